The van der Waals surface area contributed by atoms with E-state index >= 15 is 0 Å². The summed E-state index contributed by atoms with van der Waals surface area (Å²) in [5.74, 6) is -0.935. The number of aliphatic hydroxyl groups is 1. The predicted octanol–water partition coefficient (Wildman–Crippen LogP) is 4.10. The summed E-state index contributed by atoms with van der Waals surface area (Å²) >= 11 is 15.9. The van der Waals surface area contributed by atoms with Gasteiger partial charge in [-0.15, -0.1) is 0 Å². The number of carbonyl (C=O) groups excluding carboxylic acids is 3. The predicted molar refractivity (Wildman–Crippen MR) is 175 cm³/mol. The Hall–Kier alpha value is -3.99. The molecule has 0 bridgehead atoms. The number of hydrogen-bond acceptors (Lipinski definition) is 10. The largest absolute Gasteiger partial charge is 1.00 e. The smallest absolute Gasteiger partial charge is 0.662 e. The third-order valence-electron chi connectivity index (χ3n) is 4.04. The molecule has 0 aliphatic rings. The fourth-order valence-corrected chi connectivity index (χ4v) is 2.87. The third kappa shape index (κ3) is 29.9. The molecule has 0 unspecified atom stereocenters. The maximum Gasteiger partial charge on any atom is 1.00 e. The van der Waals surface area contributed by atoms with E-state index in [1.165, 1.54) is 36.4 Å². The monoisotopic (exact) mass is 756 g/mol. The number of nitrogens with one attached hydrogen (secondary N) is 1. The summed E-state index contributed by atoms with van der Waals surface area (Å²) in [5, 5.41) is 25.9. The first-order valence-corrected chi connectivity index (χ1v) is 14.0. The van der Waals surface area contributed by atoms with E-state index in [1.54, 1.807) is 55.5 Å². The van der Waals surface area contributed by atoms with Crippen LogP contribution in [0.25, 0.3) is 0 Å². The maximum absolute atomic E-state index is 12.9. The zero-order valence-corrected chi connectivity index (χ0v) is 30.4. The summed E-state index contributed by atoms with van der Waals surface area (Å²) in [7, 11) is 0. The van der Waals surface area contributed by atoms with Gasteiger partial charge in [0, 0.05) is 36.5 Å². The SMILES string of the molecule is CC(=O)O.CCO.Nc1ccc(F)c(Cl)c1.O=C(Cl)Oc1ccccc1.O=C(Nc1ccc(F)c(Cl)c1)Oc1ccccc1.O=CO[O-].[Na+]. The second-order valence-electron chi connectivity index (χ2n) is 7.81. The number of ether oxygens (including phenoxy) is 2. The van der Waals surface area contributed by atoms with Crippen LogP contribution in [0.1, 0.15) is 13.8 Å². The van der Waals surface area contributed by atoms with E-state index in [9.17, 15) is 18.4 Å². The Balaban J connectivity index is -0.000000585. The fraction of sp³-hybridized carbons (Fsp3) is 0.0968. The van der Waals surface area contributed by atoms with Gasteiger partial charge >= 0.3 is 41.1 Å². The molecule has 12 nitrogen and oxygen atoms in total. The zero-order chi connectivity index (χ0) is 36.9. The standard InChI is InChI=1S/C13H9ClFNO2.C7H5ClO2.C6H5ClFN.C2H4O2.C2H6O.CH2O3.Na/c14-11-8-9(6-7-12(11)15)16-13(17)18-10-4-2-1-3-5-10;8-7(9)10-6-4-2-1-3-5-6;7-5-3-4(9)1-2-6(5)8;1-2(3)4;1-2-3;2-1-4-3;/h1-8H,(H,16,17);1-5H;1-3H,9H2;1H3,(H,3,4);3H,2H2,1H3;1,3H;/q;;;;;;+1/p-1. The van der Waals surface area contributed by atoms with Crippen LogP contribution in [0.2, 0.25) is 10.0 Å². The number of carboxylic acid groups (broad SMARTS) is 1. The van der Waals surface area contributed by atoms with E-state index < -0.39 is 29.1 Å². The number of amides is 1. The number of rotatable bonds is 4. The van der Waals surface area contributed by atoms with Crippen molar-refractivity contribution in [3.8, 4) is 11.5 Å². The summed E-state index contributed by atoms with van der Waals surface area (Å²) in [6, 6.07) is 25.2. The number of carboxylic acids is 1. The molecule has 1 amide bonds. The van der Waals surface area contributed by atoms with Crippen molar-refractivity contribution < 1.29 is 87.3 Å². The first-order chi connectivity index (χ1) is 22.7. The van der Waals surface area contributed by atoms with Gasteiger partial charge in [-0.05, 0) is 67.6 Å². The first-order valence-electron chi connectivity index (χ1n) is 12.8. The number of anilines is 2. The van der Waals surface area contributed by atoms with Crippen LogP contribution in [0.3, 0.4) is 0 Å². The number of para-hydroxylation sites is 2. The number of benzene rings is 4. The summed E-state index contributed by atoms with van der Waals surface area (Å²) in [6.45, 7) is 2.83. The quantitative estimate of drug-likeness (QED) is 0.0584. The van der Waals surface area contributed by atoms with Crippen molar-refractivity contribution in [2.45, 2.75) is 13.8 Å². The van der Waals surface area contributed by atoms with Gasteiger partial charge < -0.3 is 35.6 Å². The van der Waals surface area contributed by atoms with Crippen molar-refractivity contribution in [2.75, 3.05) is 17.7 Å². The van der Waals surface area contributed by atoms with Crippen molar-refractivity contribution in [3.63, 3.8) is 0 Å². The van der Waals surface area contributed by atoms with Gasteiger partial charge in [-0.3, -0.25) is 14.9 Å². The third-order valence-corrected chi connectivity index (χ3v) is 4.70. The average Bonchev–Trinajstić information content (AvgIpc) is 3.02. The van der Waals surface area contributed by atoms with Crippen LogP contribution >= 0.6 is 34.8 Å². The molecule has 0 radical (unpaired) electrons. The zero-order valence-electron chi connectivity index (χ0n) is 26.1. The molecule has 0 heterocycles. The second kappa shape index (κ2) is 31.3. The molecule has 260 valence electrons. The Bertz CT molecular complexity index is 1510. The number of aliphatic carboxylic acids is 1. The van der Waals surface area contributed by atoms with Gasteiger partial charge in [0.15, 0.2) is 0 Å². The Morgan fingerprint density at radius 3 is 1.59 bits per heavy atom. The second-order valence-corrected chi connectivity index (χ2v) is 8.93. The van der Waals surface area contributed by atoms with E-state index in [2.05, 4.69) is 14.9 Å². The fourth-order valence-electron chi connectivity index (χ4n) is 2.41. The molecule has 0 aliphatic heterocycles. The van der Waals surface area contributed by atoms with Gasteiger partial charge in [-0.1, -0.05) is 59.6 Å². The minimum absolute atomic E-state index is 0. The topological polar surface area (TPSA) is 198 Å². The van der Waals surface area contributed by atoms with Crippen LogP contribution in [-0.4, -0.2) is 40.8 Å². The number of nitrogens with two attached hydrogens (primary N) is 1. The van der Waals surface area contributed by atoms with Crippen molar-refractivity contribution in [2.24, 2.45) is 0 Å². The Labute approximate surface area is 317 Å². The maximum atomic E-state index is 12.9. The molecule has 18 heteroatoms. The van der Waals surface area contributed by atoms with Crippen LogP contribution in [0.4, 0.5) is 29.7 Å². The molecule has 0 saturated heterocycles. The normalized spacial score (nSPS) is 8.51. The van der Waals surface area contributed by atoms with E-state index in [1.807, 2.05) is 12.1 Å². The molecule has 4 aromatic carbocycles. The Morgan fingerprint density at radius 2 is 1.24 bits per heavy atom. The van der Waals surface area contributed by atoms with Crippen molar-refractivity contribution >= 4 is 70.1 Å². The van der Waals surface area contributed by atoms with Crippen LogP contribution in [-0.2, 0) is 14.5 Å². The Morgan fingerprint density at radius 1 is 0.857 bits per heavy atom. The minimum atomic E-state index is -0.833. The van der Waals surface area contributed by atoms with E-state index in [-0.39, 0.29) is 52.7 Å². The summed E-state index contributed by atoms with van der Waals surface area (Å²) < 4.78 is 34.8. The van der Waals surface area contributed by atoms with Crippen molar-refractivity contribution in [3.05, 3.63) is 119 Å². The number of halogens is 5. The molecule has 0 spiro atoms. The number of nitrogen functional groups attached to an aromatic ring is 1. The van der Waals surface area contributed by atoms with Crippen molar-refractivity contribution in [1.29, 1.82) is 0 Å². The van der Waals surface area contributed by atoms with Gasteiger partial charge in [0.1, 0.15) is 23.1 Å². The molecule has 4 aromatic rings. The molecular formula is C31H30Cl3F2N2NaO10. The summed E-state index contributed by atoms with van der Waals surface area (Å²) in [4.78, 5) is 41.9. The molecule has 0 aliphatic carbocycles. The summed E-state index contributed by atoms with van der Waals surface area (Å²) in [6.07, 6.45) is -0.663. The number of aliphatic hydroxyl groups excluding tert-OH is 1. The summed E-state index contributed by atoms with van der Waals surface area (Å²) in [5.41, 5.74) is 5.30. The van der Waals surface area contributed by atoms with Crippen molar-refractivity contribution in [1.82, 2.24) is 0 Å². The van der Waals surface area contributed by atoms with Gasteiger partial charge in [0.2, 0.25) is 0 Å². The molecule has 0 saturated carbocycles. The van der Waals surface area contributed by atoms with Gasteiger partial charge in [0.25, 0.3) is 12.4 Å². The van der Waals surface area contributed by atoms with Gasteiger partial charge in [-0.2, -0.15) is 0 Å². The van der Waals surface area contributed by atoms with E-state index in [0.29, 0.717) is 22.9 Å². The molecule has 0 atom stereocenters. The van der Waals surface area contributed by atoms with Crippen LogP contribution in [0.15, 0.2) is 97.1 Å². The number of carbonyl (C=O) groups is 4. The minimum Gasteiger partial charge on any atom is -0.662 e. The first kappa shape index (κ1) is 49.4. The molecule has 5 N–H and O–H groups in total. The van der Waals surface area contributed by atoms with E-state index in [0.717, 1.165) is 6.92 Å². The Kier molecular flexibility index (Phi) is 31.5. The van der Waals surface area contributed by atoms with E-state index in [4.69, 9.17) is 70.3 Å². The molecule has 0 fully saturated rings. The van der Waals surface area contributed by atoms with Gasteiger partial charge in [0.05, 0.1) is 10.0 Å². The van der Waals surface area contributed by atoms with Crippen LogP contribution < -0.4 is 55.3 Å². The van der Waals surface area contributed by atoms with Crippen LogP contribution in [0.5, 0.6) is 11.5 Å². The molecule has 0 aromatic heterocycles. The molecular weight excluding hydrogens is 728 g/mol. The molecule has 49 heavy (non-hydrogen) atoms. The molecule has 4 rings (SSSR count). The average molecular weight is 758 g/mol. The van der Waals surface area contributed by atoms with Gasteiger partial charge in [-0.25, -0.2) is 18.4 Å². The van der Waals surface area contributed by atoms with Crippen LogP contribution in [0, 0.1) is 11.6 Å². The number of hydrogen-bond donors (Lipinski definition) is 4.